The fourth-order valence-corrected chi connectivity index (χ4v) is 2.35. The van der Waals surface area contributed by atoms with Crippen molar-refractivity contribution in [1.29, 1.82) is 0 Å². The molecule has 0 heterocycles. The van der Waals surface area contributed by atoms with Crippen LogP contribution in [0, 0.1) is 0 Å². The monoisotopic (exact) mass is 210 g/mol. The summed E-state index contributed by atoms with van der Waals surface area (Å²) < 4.78 is 0. The molecule has 0 amide bonds. The van der Waals surface area contributed by atoms with Crippen molar-refractivity contribution in [3.63, 3.8) is 0 Å². The Morgan fingerprint density at radius 1 is 0.750 bits per heavy atom. The van der Waals surface area contributed by atoms with Crippen LogP contribution >= 0.6 is 0 Å². The van der Waals surface area contributed by atoms with Gasteiger partial charge in [-0.15, -0.1) is 0 Å². The summed E-state index contributed by atoms with van der Waals surface area (Å²) in [6.45, 7) is 0. The number of rotatable bonds is 2. The van der Waals surface area contributed by atoms with E-state index in [4.69, 9.17) is 0 Å². The average Bonchev–Trinajstić information content (AvgIpc) is 3.11. The molecule has 1 aliphatic rings. The van der Waals surface area contributed by atoms with Crippen molar-refractivity contribution >= 4 is 0 Å². The van der Waals surface area contributed by atoms with Crippen molar-refractivity contribution in [3.05, 3.63) is 65.7 Å². The molecule has 1 nitrogen and oxygen atoms in total. The van der Waals surface area contributed by atoms with Crippen molar-refractivity contribution < 1.29 is 5.11 Å². The number of phenolic OH excluding ortho intramolecular Hbond substituents is 1. The van der Waals surface area contributed by atoms with Gasteiger partial charge in [0.05, 0.1) is 0 Å². The summed E-state index contributed by atoms with van der Waals surface area (Å²) in [7, 11) is 0. The van der Waals surface area contributed by atoms with E-state index in [0.29, 0.717) is 17.6 Å². The molecule has 2 atom stereocenters. The largest absolute Gasteiger partial charge is 0.508 e. The van der Waals surface area contributed by atoms with Gasteiger partial charge in [-0.3, -0.25) is 0 Å². The zero-order valence-corrected chi connectivity index (χ0v) is 9.01. The molecular weight excluding hydrogens is 196 g/mol. The van der Waals surface area contributed by atoms with Crippen LogP contribution < -0.4 is 0 Å². The number of hydrogen-bond acceptors (Lipinski definition) is 1. The number of benzene rings is 2. The van der Waals surface area contributed by atoms with Crippen molar-refractivity contribution in [3.8, 4) is 5.75 Å². The molecule has 0 aliphatic heterocycles. The highest BCUT2D eigenvalue weighted by molar-refractivity contribution is 5.38. The van der Waals surface area contributed by atoms with Gasteiger partial charge in [0, 0.05) is 0 Å². The minimum atomic E-state index is 0.348. The van der Waals surface area contributed by atoms with Gasteiger partial charge in [0.2, 0.25) is 0 Å². The predicted octanol–water partition coefficient (Wildman–Crippen LogP) is 3.66. The molecular formula is C15H14O. The lowest BCUT2D eigenvalue weighted by Gasteiger charge is -2.01. The van der Waals surface area contributed by atoms with Crippen LogP contribution in [0.5, 0.6) is 5.75 Å². The van der Waals surface area contributed by atoms with E-state index in [1.165, 1.54) is 17.5 Å². The van der Waals surface area contributed by atoms with E-state index in [1.807, 2.05) is 12.1 Å². The Balaban J connectivity index is 1.79. The molecule has 0 bridgehead atoms. The molecule has 3 rings (SSSR count). The molecule has 0 unspecified atom stereocenters. The van der Waals surface area contributed by atoms with Crippen LogP contribution in [0.3, 0.4) is 0 Å². The smallest absolute Gasteiger partial charge is 0.115 e. The van der Waals surface area contributed by atoms with Gasteiger partial charge in [-0.1, -0.05) is 42.5 Å². The first-order valence-corrected chi connectivity index (χ1v) is 5.68. The summed E-state index contributed by atoms with van der Waals surface area (Å²) in [5.41, 5.74) is 2.77. The highest BCUT2D eigenvalue weighted by atomic mass is 16.3. The highest BCUT2D eigenvalue weighted by Gasteiger charge is 2.39. The standard InChI is InChI=1S/C15H14O/c16-13-8-6-12(7-9-13)15-10-14(15)11-4-2-1-3-5-11/h1-9,14-16H,10H2/t14-,15-/m1/s1. The zero-order valence-electron chi connectivity index (χ0n) is 9.01. The molecule has 0 radical (unpaired) electrons. The van der Waals surface area contributed by atoms with Crippen molar-refractivity contribution in [2.75, 3.05) is 0 Å². The lowest BCUT2D eigenvalue weighted by Crippen LogP contribution is -1.83. The van der Waals surface area contributed by atoms with Gasteiger partial charge in [0.1, 0.15) is 5.75 Å². The maximum absolute atomic E-state index is 9.24. The Hall–Kier alpha value is -1.76. The summed E-state index contributed by atoms with van der Waals surface area (Å²) in [6.07, 6.45) is 1.23. The summed E-state index contributed by atoms with van der Waals surface area (Å²) >= 11 is 0. The molecule has 1 fully saturated rings. The van der Waals surface area contributed by atoms with Gasteiger partial charge in [-0.25, -0.2) is 0 Å². The van der Waals surface area contributed by atoms with Gasteiger partial charge in [0.15, 0.2) is 0 Å². The summed E-state index contributed by atoms with van der Waals surface area (Å²) in [4.78, 5) is 0. The molecule has 0 aromatic heterocycles. The third-order valence-corrected chi connectivity index (χ3v) is 3.34. The number of aromatic hydroxyl groups is 1. The van der Waals surface area contributed by atoms with Crippen LogP contribution in [0.2, 0.25) is 0 Å². The minimum Gasteiger partial charge on any atom is -0.508 e. The highest BCUT2D eigenvalue weighted by Crippen LogP contribution is 2.54. The second kappa shape index (κ2) is 3.67. The fraction of sp³-hybridized carbons (Fsp3) is 0.200. The second-order valence-corrected chi connectivity index (χ2v) is 4.45. The number of hydrogen-bond donors (Lipinski definition) is 1. The predicted molar refractivity (Wildman–Crippen MR) is 64.6 cm³/mol. The van der Waals surface area contributed by atoms with E-state index in [2.05, 4.69) is 30.3 Å². The molecule has 0 spiro atoms. The van der Waals surface area contributed by atoms with Crippen molar-refractivity contribution in [1.82, 2.24) is 0 Å². The summed E-state index contributed by atoms with van der Waals surface area (Å²) in [5, 5.41) is 9.24. The van der Waals surface area contributed by atoms with E-state index in [1.54, 1.807) is 12.1 Å². The third kappa shape index (κ3) is 1.69. The van der Waals surface area contributed by atoms with Crippen LogP contribution in [0.25, 0.3) is 0 Å². The van der Waals surface area contributed by atoms with Gasteiger partial charge in [-0.2, -0.15) is 0 Å². The maximum atomic E-state index is 9.24. The van der Waals surface area contributed by atoms with E-state index in [9.17, 15) is 5.11 Å². The molecule has 1 saturated carbocycles. The quantitative estimate of drug-likeness (QED) is 0.802. The van der Waals surface area contributed by atoms with Gasteiger partial charge in [0.25, 0.3) is 0 Å². The molecule has 2 aromatic rings. The van der Waals surface area contributed by atoms with Crippen molar-refractivity contribution in [2.45, 2.75) is 18.3 Å². The number of phenols is 1. The van der Waals surface area contributed by atoms with E-state index in [0.717, 1.165) is 0 Å². The second-order valence-electron chi connectivity index (χ2n) is 4.45. The Labute approximate surface area is 95.4 Å². The first-order valence-electron chi connectivity index (χ1n) is 5.68. The third-order valence-electron chi connectivity index (χ3n) is 3.34. The lowest BCUT2D eigenvalue weighted by atomic mass is 10.0. The lowest BCUT2D eigenvalue weighted by molar-refractivity contribution is 0.475. The molecule has 1 N–H and O–H groups in total. The Morgan fingerprint density at radius 2 is 1.31 bits per heavy atom. The fourth-order valence-electron chi connectivity index (χ4n) is 2.35. The Morgan fingerprint density at radius 3 is 1.94 bits per heavy atom. The molecule has 1 aliphatic carbocycles. The Kier molecular flexibility index (Phi) is 2.17. The topological polar surface area (TPSA) is 20.2 Å². The van der Waals surface area contributed by atoms with Crippen LogP contribution in [-0.2, 0) is 0 Å². The van der Waals surface area contributed by atoms with Crippen LogP contribution in [-0.4, -0.2) is 5.11 Å². The van der Waals surface area contributed by atoms with Crippen molar-refractivity contribution in [2.24, 2.45) is 0 Å². The van der Waals surface area contributed by atoms with Crippen LogP contribution in [0.1, 0.15) is 29.4 Å². The molecule has 1 heteroatoms. The molecule has 16 heavy (non-hydrogen) atoms. The molecule has 80 valence electrons. The van der Waals surface area contributed by atoms with Gasteiger partial charge in [-0.05, 0) is 41.5 Å². The van der Waals surface area contributed by atoms with Crippen LogP contribution in [0.4, 0.5) is 0 Å². The van der Waals surface area contributed by atoms with Gasteiger partial charge >= 0.3 is 0 Å². The zero-order chi connectivity index (χ0) is 11.0. The maximum Gasteiger partial charge on any atom is 0.115 e. The Bertz CT molecular complexity index is 473. The van der Waals surface area contributed by atoms with Crippen LogP contribution in [0.15, 0.2) is 54.6 Å². The minimum absolute atomic E-state index is 0.348. The van der Waals surface area contributed by atoms with E-state index < -0.39 is 0 Å². The molecule has 2 aromatic carbocycles. The molecule has 0 saturated heterocycles. The first kappa shape index (κ1) is 9.46. The first-order chi connectivity index (χ1) is 7.84. The normalized spacial score (nSPS) is 23.0. The van der Waals surface area contributed by atoms with Gasteiger partial charge < -0.3 is 5.11 Å². The summed E-state index contributed by atoms with van der Waals surface area (Å²) in [6, 6.07) is 18.3. The van der Waals surface area contributed by atoms with E-state index in [-0.39, 0.29) is 0 Å². The summed E-state index contributed by atoms with van der Waals surface area (Å²) in [5.74, 6) is 1.66. The average molecular weight is 210 g/mol. The SMILES string of the molecule is Oc1ccc([C@H]2C[C@@H]2c2ccccc2)cc1. The van der Waals surface area contributed by atoms with E-state index >= 15 is 0 Å².